The SMILES string of the molecule is CC(C)n1nc(-c2ccc(CC(=O)Cc3cc(C4CC(C)(C)C4)no3)cc2Cl)c(C(N)=O)c1N. The van der Waals surface area contributed by atoms with Crippen LogP contribution in [0.2, 0.25) is 5.02 Å². The van der Waals surface area contributed by atoms with Crippen LogP contribution in [0.5, 0.6) is 0 Å². The molecule has 3 aromatic rings. The summed E-state index contributed by atoms with van der Waals surface area (Å²) in [6, 6.07) is 7.06. The van der Waals surface area contributed by atoms with Crippen molar-refractivity contribution in [2.24, 2.45) is 11.1 Å². The molecule has 0 saturated heterocycles. The molecule has 1 aliphatic carbocycles. The van der Waals surface area contributed by atoms with Gasteiger partial charge in [0.05, 0.1) is 17.1 Å². The average Bonchev–Trinajstić information content (AvgIpc) is 3.30. The van der Waals surface area contributed by atoms with Crippen molar-refractivity contribution in [1.82, 2.24) is 14.9 Å². The molecule has 1 saturated carbocycles. The third-order valence-electron chi connectivity index (χ3n) is 6.34. The lowest BCUT2D eigenvalue weighted by atomic mass is 9.63. The molecule has 2 aromatic heterocycles. The van der Waals surface area contributed by atoms with Gasteiger partial charge in [0.25, 0.3) is 5.91 Å². The van der Waals surface area contributed by atoms with Crippen LogP contribution in [0.15, 0.2) is 28.8 Å². The van der Waals surface area contributed by atoms with Crippen LogP contribution in [0.25, 0.3) is 11.3 Å². The number of ketones is 1. The van der Waals surface area contributed by atoms with Crippen molar-refractivity contribution >= 4 is 29.1 Å². The number of hydrogen-bond donors (Lipinski definition) is 2. The molecule has 9 heteroatoms. The predicted molar refractivity (Wildman–Crippen MR) is 131 cm³/mol. The van der Waals surface area contributed by atoms with Crippen molar-refractivity contribution in [3.8, 4) is 11.3 Å². The van der Waals surface area contributed by atoms with Crippen LogP contribution < -0.4 is 11.5 Å². The van der Waals surface area contributed by atoms with Gasteiger partial charge in [-0.2, -0.15) is 5.10 Å². The van der Waals surface area contributed by atoms with Gasteiger partial charge < -0.3 is 16.0 Å². The van der Waals surface area contributed by atoms with E-state index in [1.54, 1.807) is 22.9 Å². The number of halogens is 1. The molecule has 1 amide bonds. The highest BCUT2D eigenvalue weighted by Crippen LogP contribution is 2.50. The summed E-state index contributed by atoms with van der Waals surface area (Å²) in [5.74, 6) is 0.503. The van der Waals surface area contributed by atoms with Crippen molar-refractivity contribution in [3.05, 3.63) is 51.9 Å². The molecule has 0 unspecified atom stereocenters. The summed E-state index contributed by atoms with van der Waals surface area (Å²) in [7, 11) is 0. The number of hydrogen-bond acceptors (Lipinski definition) is 6. The molecule has 0 radical (unpaired) electrons. The lowest BCUT2D eigenvalue weighted by molar-refractivity contribution is -0.118. The van der Waals surface area contributed by atoms with Gasteiger partial charge in [0, 0.05) is 30.0 Å². The Kier molecular flexibility index (Phi) is 6.29. The van der Waals surface area contributed by atoms with Gasteiger partial charge in [-0.3, -0.25) is 9.59 Å². The number of benzene rings is 1. The molecule has 2 heterocycles. The molecule has 8 nitrogen and oxygen atoms in total. The number of carbonyl (C=O) groups excluding carboxylic acids is 2. The predicted octanol–water partition coefficient (Wildman–Crippen LogP) is 4.71. The summed E-state index contributed by atoms with van der Waals surface area (Å²) >= 11 is 6.53. The minimum Gasteiger partial charge on any atom is -0.383 e. The highest BCUT2D eigenvalue weighted by Gasteiger charge is 2.38. The van der Waals surface area contributed by atoms with E-state index in [1.165, 1.54) is 0 Å². The monoisotopic (exact) mass is 483 g/mol. The Hall–Kier alpha value is -3.13. The second-order valence-corrected chi connectivity index (χ2v) is 10.6. The summed E-state index contributed by atoms with van der Waals surface area (Å²) in [5, 5.41) is 8.98. The van der Waals surface area contributed by atoms with Gasteiger partial charge in [-0.05, 0) is 43.7 Å². The van der Waals surface area contributed by atoms with Crippen molar-refractivity contribution in [3.63, 3.8) is 0 Å². The number of aromatic nitrogens is 3. The normalized spacial score (nSPS) is 15.5. The van der Waals surface area contributed by atoms with Crippen molar-refractivity contribution in [2.75, 3.05) is 5.73 Å². The van der Waals surface area contributed by atoms with Crippen molar-refractivity contribution in [2.45, 2.75) is 65.3 Å². The molecule has 0 spiro atoms. The lowest BCUT2D eigenvalue weighted by Crippen LogP contribution is -2.29. The van der Waals surface area contributed by atoms with E-state index in [4.69, 9.17) is 27.6 Å². The Labute approximate surface area is 203 Å². The summed E-state index contributed by atoms with van der Waals surface area (Å²) in [6.07, 6.45) is 2.52. The standard InChI is InChI=1S/C25H30ClN5O3/c1-13(2)31-23(27)21(24(28)33)22(29-31)18-6-5-14(8-19(18)26)7-16(32)9-17-10-20(30-34-17)15-11-25(3,4)12-15/h5-6,8,10,13,15H,7,9,11-12,27H2,1-4H3,(H2,28,33). The zero-order valence-electron chi connectivity index (χ0n) is 19.9. The third-order valence-corrected chi connectivity index (χ3v) is 6.65. The topological polar surface area (TPSA) is 130 Å². The molecule has 0 atom stereocenters. The highest BCUT2D eigenvalue weighted by atomic mass is 35.5. The first kappa shape index (κ1) is 24.0. The number of nitrogens with zero attached hydrogens (tertiary/aromatic N) is 3. The fourth-order valence-electron chi connectivity index (χ4n) is 4.71. The summed E-state index contributed by atoms with van der Waals surface area (Å²) in [6.45, 7) is 8.28. The van der Waals surface area contributed by atoms with E-state index in [-0.39, 0.29) is 36.0 Å². The number of primary amides is 1. The van der Waals surface area contributed by atoms with Crippen molar-refractivity contribution in [1.29, 1.82) is 0 Å². The minimum absolute atomic E-state index is 0.00777. The quantitative estimate of drug-likeness (QED) is 0.477. The molecule has 1 fully saturated rings. The molecule has 180 valence electrons. The van der Waals surface area contributed by atoms with Gasteiger partial charge in [0.15, 0.2) is 0 Å². The zero-order valence-corrected chi connectivity index (χ0v) is 20.6. The molecule has 1 aromatic carbocycles. The number of anilines is 1. The second-order valence-electron chi connectivity index (χ2n) is 10.2. The van der Waals surface area contributed by atoms with Crippen LogP contribution in [-0.2, 0) is 17.6 Å². The average molecular weight is 484 g/mol. The Bertz CT molecular complexity index is 1250. The summed E-state index contributed by atoms with van der Waals surface area (Å²) in [4.78, 5) is 24.7. The molecule has 0 bridgehead atoms. The molecule has 4 rings (SSSR count). The Morgan fingerprint density at radius 1 is 1.24 bits per heavy atom. The Morgan fingerprint density at radius 2 is 1.94 bits per heavy atom. The number of Topliss-reactive ketones (excluding diaryl/α,β-unsaturated/α-hetero) is 1. The fourth-order valence-corrected chi connectivity index (χ4v) is 5.00. The largest absolute Gasteiger partial charge is 0.383 e. The van der Waals surface area contributed by atoms with E-state index < -0.39 is 5.91 Å². The molecule has 0 aliphatic heterocycles. The Balaban J connectivity index is 1.47. The van der Waals surface area contributed by atoms with Crippen LogP contribution in [-0.4, -0.2) is 26.6 Å². The van der Waals surface area contributed by atoms with E-state index >= 15 is 0 Å². The third kappa shape index (κ3) is 4.73. The van der Waals surface area contributed by atoms with E-state index in [0.717, 1.165) is 24.1 Å². The lowest BCUT2D eigenvalue weighted by Gasteiger charge is -2.41. The van der Waals surface area contributed by atoms with Crippen LogP contribution in [0.4, 0.5) is 5.82 Å². The first-order valence-electron chi connectivity index (χ1n) is 11.4. The minimum atomic E-state index is -0.674. The maximum Gasteiger partial charge on any atom is 0.254 e. The Morgan fingerprint density at radius 3 is 2.53 bits per heavy atom. The maximum atomic E-state index is 12.7. The van der Waals surface area contributed by atoms with Gasteiger partial charge in [-0.1, -0.05) is 42.7 Å². The van der Waals surface area contributed by atoms with Gasteiger partial charge in [0.1, 0.15) is 28.6 Å². The summed E-state index contributed by atoms with van der Waals surface area (Å²) < 4.78 is 6.95. The number of amides is 1. The summed E-state index contributed by atoms with van der Waals surface area (Å²) in [5.41, 5.74) is 14.7. The van der Waals surface area contributed by atoms with E-state index in [0.29, 0.717) is 33.4 Å². The van der Waals surface area contributed by atoms with Crippen LogP contribution >= 0.6 is 11.6 Å². The number of rotatable bonds is 8. The van der Waals surface area contributed by atoms with Crippen LogP contribution in [0, 0.1) is 5.41 Å². The van der Waals surface area contributed by atoms with Gasteiger partial charge >= 0.3 is 0 Å². The highest BCUT2D eigenvalue weighted by molar-refractivity contribution is 6.33. The molecular weight excluding hydrogens is 454 g/mol. The first-order valence-corrected chi connectivity index (χ1v) is 11.8. The van der Waals surface area contributed by atoms with E-state index in [9.17, 15) is 9.59 Å². The van der Waals surface area contributed by atoms with Crippen LogP contribution in [0.1, 0.15) is 79.9 Å². The van der Waals surface area contributed by atoms with Crippen LogP contribution in [0.3, 0.4) is 0 Å². The van der Waals surface area contributed by atoms with Gasteiger partial charge in [-0.25, -0.2) is 4.68 Å². The number of carbonyl (C=O) groups is 2. The fraction of sp³-hybridized carbons (Fsp3) is 0.440. The molecule has 34 heavy (non-hydrogen) atoms. The van der Waals surface area contributed by atoms with Gasteiger partial charge in [0.2, 0.25) is 0 Å². The van der Waals surface area contributed by atoms with E-state index in [2.05, 4.69) is 24.1 Å². The first-order chi connectivity index (χ1) is 15.9. The second kappa shape index (κ2) is 8.91. The smallest absolute Gasteiger partial charge is 0.254 e. The van der Waals surface area contributed by atoms with E-state index in [1.807, 2.05) is 19.9 Å². The maximum absolute atomic E-state index is 12.7. The van der Waals surface area contributed by atoms with Crippen molar-refractivity contribution < 1.29 is 14.1 Å². The molecule has 1 aliphatic rings. The number of nitrogens with two attached hydrogens (primary N) is 2. The van der Waals surface area contributed by atoms with Gasteiger partial charge in [-0.15, -0.1) is 0 Å². The number of nitrogen functional groups attached to an aromatic ring is 1. The molecular formula is C25H30ClN5O3. The zero-order chi connectivity index (χ0) is 24.8. The molecule has 4 N–H and O–H groups in total.